The summed E-state index contributed by atoms with van der Waals surface area (Å²) >= 11 is 3.66. The van der Waals surface area contributed by atoms with E-state index in [9.17, 15) is 4.79 Å². The van der Waals surface area contributed by atoms with Gasteiger partial charge in [-0.2, -0.15) is 0 Å². The van der Waals surface area contributed by atoms with Crippen molar-refractivity contribution in [2.45, 2.75) is 45.6 Å². The van der Waals surface area contributed by atoms with Gasteiger partial charge in [-0.25, -0.2) is 0 Å². The van der Waals surface area contributed by atoms with Crippen molar-refractivity contribution in [1.82, 2.24) is 5.32 Å². The molecular weight excluding hydrogens is 543 g/mol. The Morgan fingerprint density at radius 3 is 1.90 bits per heavy atom. The molecule has 0 aliphatic heterocycles. The number of allylic oxidation sites excluding steroid dienone is 2. The Kier molecular flexibility index (Phi) is 8.32. The lowest BCUT2D eigenvalue weighted by Crippen LogP contribution is -2.35. The van der Waals surface area contributed by atoms with Gasteiger partial charge in [0.25, 0.3) is 5.91 Å². The smallest absolute Gasteiger partial charge is 0.390 e. The Morgan fingerprint density at radius 2 is 1.36 bits per heavy atom. The molecule has 8 heteroatoms. The maximum Gasteiger partial charge on any atom is 0.492 e. The van der Waals surface area contributed by atoms with Crippen LogP contribution in [-0.4, -0.2) is 35.6 Å². The van der Waals surface area contributed by atoms with Crippen LogP contribution in [0.2, 0.25) is 6.04 Å². The lowest BCUT2D eigenvalue weighted by molar-refractivity contribution is 0.0952. The van der Waals surface area contributed by atoms with Gasteiger partial charge in [-0.3, -0.25) is 4.79 Å². The van der Waals surface area contributed by atoms with Gasteiger partial charge in [0, 0.05) is 37.7 Å². The Morgan fingerprint density at radius 1 is 0.821 bits per heavy atom. The van der Waals surface area contributed by atoms with Gasteiger partial charge in [0.2, 0.25) is 0 Å². The number of hydrogen-bond acceptors (Lipinski definition) is 6. The molecule has 1 aliphatic carbocycles. The van der Waals surface area contributed by atoms with Crippen LogP contribution in [0, 0.1) is 13.8 Å². The number of carbonyl (C=O) groups excluding carboxylic acids is 1. The van der Waals surface area contributed by atoms with Crippen LogP contribution in [0.4, 0.5) is 0 Å². The van der Waals surface area contributed by atoms with E-state index in [2.05, 4.69) is 61.6 Å². The third-order valence-corrected chi connectivity index (χ3v) is 10.4. The van der Waals surface area contributed by atoms with Crippen LogP contribution in [0.5, 0.6) is 0 Å². The summed E-state index contributed by atoms with van der Waals surface area (Å²) in [6.45, 7) is 4.71. The minimum Gasteiger partial charge on any atom is -0.390 e. The van der Waals surface area contributed by atoms with Gasteiger partial charge in [0.05, 0.1) is 0 Å². The number of thiophene rings is 2. The highest BCUT2D eigenvalue weighted by molar-refractivity contribution is 7.16. The fraction of sp³-hybridized carbons (Fsp3) is 0.258. The first-order valence-corrected chi connectivity index (χ1v) is 16.9. The number of rotatable bonds is 9. The molecular formula is C31H33NO4S2Si. The van der Waals surface area contributed by atoms with Gasteiger partial charge < -0.3 is 19.7 Å². The van der Waals surface area contributed by atoms with E-state index in [-0.39, 0.29) is 18.5 Å². The van der Waals surface area contributed by atoms with Crippen molar-refractivity contribution in [2.75, 3.05) is 6.54 Å². The molecule has 0 radical (unpaired) electrons. The maximum absolute atomic E-state index is 12.4. The minimum atomic E-state index is -4.06. The minimum absolute atomic E-state index is 0.0927. The summed E-state index contributed by atoms with van der Waals surface area (Å²) in [6, 6.07) is 22.8. The molecule has 4 aromatic rings. The van der Waals surface area contributed by atoms with E-state index >= 15 is 0 Å². The fourth-order valence-electron chi connectivity index (χ4n) is 5.20. The third-order valence-electron chi connectivity index (χ3n) is 7.17. The molecule has 0 spiro atoms. The average molecular weight is 576 g/mol. The van der Waals surface area contributed by atoms with Crippen molar-refractivity contribution in [3.8, 4) is 20.9 Å². The summed E-state index contributed by atoms with van der Waals surface area (Å²) < 4.78 is 0. The van der Waals surface area contributed by atoms with Gasteiger partial charge in [0.15, 0.2) is 0 Å². The van der Waals surface area contributed by atoms with Gasteiger partial charge in [-0.05, 0) is 97.2 Å². The van der Waals surface area contributed by atoms with E-state index in [1.807, 2.05) is 35.6 Å². The monoisotopic (exact) mass is 575 g/mol. The van der Waals surface area contributed by atoms with Crippen molar-refractivity contribution < 1.29 is 19.2 Å². The SMILES string of the molecule is Cc1sc(-c2ccccc2)cc1C1=C(c2cc(-c3ccc(C(=O)NCCC[Si](O)(O)O)cc3)sc2C)CCC1. The van der Waals surface area contributed by atoms with Crippen LogP contribution >= 0.6 is 22.7 Å². The van der Waals surface area contributed by atoms with E-state index in [1.54, 1.807) is 11.3 Å². The molecule has 2 aromatic heterocycles. The number of benzene rings is 2. The van der Waals surface area contributed by atoms with Crippen LogP contribution in [0.25, 0.3) is 32.0 Å². The topological polar surface area (TPSA) is 89.8 Å². The Balaban J connectivity index is 1.34. The van der Waals surface area contributed by atoms with Crippen molar-refractivity contribution >= 4 is 48.5 Å². The zero-order valence-electron chi connectivity index (χ0n) is 22.2. The molecule has 0 saturated carbocycles. The predicted molar refractivity (Wildman–Crippen MR) is 164 cm³/mol. The Bertz CT molecular complexity index is 1500. The normalized spacial score (nSPS) is 13.8. The van der Waals surface area contributed by atoms with E-state index in [4.69, 9.17) is 14.4 Å². The van der Waals surface area contributed by atoms with Gasteiger partial charge in [0.1, 0.15) is 0 Å². The second kappa shape index (κ2) is 11.7. The standard InChI is InChI=1S/C31H33NO4S2Si/c1-20-27(18-29(37-20)22-8-4-3-5-9-22)25-10-6-11-26(25)28-19-30(38-21(28)2)23-12-14-24(15-13-23)31(33)32-16-7-17-39(34,35)36/h3-5,8-9,12-15,18-19,34-36H,6-7,10-11,16-17H2,1-2H3,(H,32,33). The van der Waals surface area contributed by atoms with Crippen molar-refractivity contribution in [3.63, 3.8) is 0 Å². The number of hydrogen-bond donors (Lipinski definition) is 4. The van der Waals surface area contributed by atoms with Crippen molar-refractivity contribution in [2.24, 2.45) is 0 Å². The molecule has 1 aliphatic rings. The quantitative estimate of drug-likeness (QED) is 0.129. The lowest BCUT2D eigenvalue weighted by Gasteiger charge is -2.09. The van der Waals surface area contributed by atoms with E-state index in [1.165, 1.54) is 53.8 Å². The Hall–Kier alpha value is -2.85. The average Bonchev–Trinajstić information content (AvgIpc) is 3.64. The second-order valence-electron chi connectivity index (χ2n) is 10.0. The van der Waals surface area contributed by atoms with Crippen LogP contribution < -0.4 is 5.32 Å². The molecule has 4 N–H and O–H groups in total. The van der Waals surface area contributed by atoms with E-state index in [0.29, 0.717) is 12.0 Å². The second-order valence-corrected chi connectivity index (χ2v) is 14.6. The van der Waals surface area contributed by atoms with Gasteiger partial charge >= 0.3 is 8.80 Å². The molecule has 0 saturated heterocycles. The fourth-order valence-corrected chi connectivity index (χ4v) is 7.96. The first-order valence-electron chi connectivity index (χ1n) is 13.2. The van der Waals surface area contributed by atoms with E-state index in [0.717, 1.165) is 18.4 Å². The van der Waals surface area contributed by atoms with Crippen LogP contribution in [-0.2, 0) is 0 Å². The summed E-state index contributed by atoms with van der Waals surface area (Å²) in [7, 11) is -4.06. The highest BCUT2D eigenvalue weighted by Crippen LogP contribution is 2.47. The zero-order valence-corrected chi connectivity index (χ0v) is 24.8. The van der Waals surface area contributed by atoms with Gasteiger partial charge in [-0.15, -0.1) is 22.7 Å². The van der Waals surface area contributed by atoms with Gasteiger partial charge in [-0.1, -0.05) is 42.5 Å². The zero-order chi connectivity index (χ0) is 27.6. The largest absolute Gasteiger partial charge is 0.492 e. The highest BCUT2D eigenvalue weighted by atomic mass is 32.1. The third kappa shape index (κ3) is 6.49. The summed E-state index contributed by atoms with van der Waals surface area (Å²) in [5, 5.41) is 2.77. The molecule has 39 heavy (non-hydrogen) atoms. The molecule has 5 rings (SSSR count). The predicted octanol–water partition coefficient (Wildman–Crippen LogP) is 6.89. The first-order chi connectivity index (χ1) is 18.7. The molecule has 0 atom stereocenters. The number of carbonyl (C=O) groups is 1. The first kappa shape index (κ1) is 27.7. The lowest BCUT2D eigenvalue weighted by atomic mass is 9.96. The number of nitrogens with one attached hydrogen (secondary N) is 1. The molecule has 0 bridgehead atoms. The highest BCUT2D eigenvalue weighted by Gasteiger charge is 2.26. The van der Waals surface area contributed by atoms with E-state index < -0.39 is 8.80 Å². The number of amides is 1. The Labute approximate surface area is 238 Å². The molecule has 0 unspecified atom stereocenters. The summed E-state index contributed by atoms with van der Waals surface area (Å²) in [5.41, 5.74) is 8.58. The molecule has 0 fully saturated rings. The summed E-state index contributed by atoms with van der Waals surface area (Å²) in [5.74, 6) is -0.215. The summed E-state index contributed by atoms with van der Waals surface area (Å²) in [4.78, 5) is 44.9. The summed E-state index contributed by atoms with van der Waals surface area (Å²) in [6.07, 6.45) is 3.68. The molecule has 202 valence electrons. The van der Waals surface area contributed by atoms with Crippen molar-refractivity contribution in [3.05, 3.63) is 93.2 Å². The van der Waals surface area contributed by atoms with Crippen LogP contribution in [0.1, 0.15) is 56.9 Å². The molecule has 1 amide bonds. The molecule has 2 aromatic carbocycles. The molecule has 2 heterocycles. The van der Waals surface area contributed by atoms with Crippen LogP contribution in [0.15, 0.2) is 66.7 Å². The van der Waals surface area contributed by atoms with Crippen LogP contribution in [0.3, 0.4) is 0 Å². The maximum atomic E-state index is 12.4. The molecule has 5 nitrogen and oxygen atoms in total. The number of aryl methyl sites for hydroxylation is 2. The van der Waals surface area contributed by atoms with Crippen molar-refractivity contribution in [1.29, 1.82) is 0 Å².